The summed E-state index contributed by atoms with van der Waals surface area (Å²) >= 11 is 0. The minimum Gasteiger partial charge on any atom is -0.324 e. The van der Waals surface area contributed by atoms with Gasteiger partial charge in [0.1, 0.15) is 0 Å². The predicted octanol–water partition coefficient (Wildman–Crippen LogP) is 0.581. The normalized spacial score (nSPS) is 19.9. The standard InChI is InChI=1S/C10H21N3O/c1-8(2)12-6-5-9(14)13(12)7-10(3,4)11/h8H,5-7,11H2,1-4H3. The Hall–Kier alpha value is -0.610. The van der Waals surface area contributed by atoms with E-state index < -0.39 is 0 Å². The van der Waals surface area contributed by atoms with Gasteiger partial charge in [0.2, 0.25) is 5.91 Å². The number of hydrogen-bond donors (Lipinski definition) is 1. The summed E-state index contributed by atoms with van der Waals surface area (Å²) in [6, 6.07) is 0.365. The Morgan fingerprint density at radius 2 is 2.07 bits per heavy atom. The van der Waals surface area contributed by atoms with Gasteiger partial charge in [-0.05, 0) is 27.7 Å². The van der Waals surface area contributed by atoms with Crippen LogP contribution in [0.2, 0.25) is 0 Å². The van der Waals surface area contributed by atoms with Crippen molar-refractivity contribution in [3.05, 3.63) is 0 Å². The van der Waals surface area contributed by atoms with Crippen LogP contribution in [0, 0.1) is 0 Å². The van der Waals surface area contributed by atoms with Crippen molar-refractivity contribution in [2.75, 3.05) is 13.1 Å². The van der Waals surface area contributed by atoms with Crippen molar-refractivity contribution in [1.82, 2.24) is 10.0 Å². The summed E-state index contributed by atoms with van der Waals surface area (Å²) in [5.41, 5.74) is 5.59. The Morgan fingerprint density at radius 1 is 1.50 bits per heavy atom. The largest absolute Gasteiger partial charge is 0.324 e. The van der Waals surface area contributed by atoms with Gasteiger partial charge in [0.05, 0.1) is 6.54 Å². The molecule has 1 fully saturated rings. The van der Waals surface area contributed by atoms with Crippen LogP contribution in [0.3, 0.4) is 0 Å². The molecule has 0 aromatic carbocycles. The van der Waals surface area contributed by atoms with Crippen LogP contribution in [0.15, 0.2) is 0 Å². The Morgan fingerprint density at radius 3 is 2.50 bits per heavy atom. The molecule has 0 unspecified atom stereocenters. The zero-order chi connectivity index (χ0) is 10.9. The first-order valence-corrected chi connectivity index (χ1v) is 5.17. The average molecular weight is 199 g/mol. The molecule has 4 heteroatoms. The summed E-state index contributed by atoms with van der Waals surface area (Å²) in [6.07, 6.45) is 0.619. The molecule has 0 aromatic rings. The maximum atomic E-state index is 11.6. The number of nitrogens with two attached hydrogens (primary N) is 1. The molecule has 4 nitrogen and oxygen atoms in total. The van der Waals surface area contributed by atoms with Crippen molar-refractivity contribution in [2.45, 2.75) is 45.7 Å². The lowest BCUT2D eigenvalue weighted by atomic mass is 10.1. The van der Waals surface area contributed by atoms with E-state index in [1.54, 1.807) is 5.01 Å². The first kappa shape index (κ1) is 11.5. The molecule has 1 aliphatic heterocycles. The van der Waals surface area contributed by atoms with Gasteiger partial charge in [-0.15, -0.1) is 0 Å². The summed E-state index contributed by atoms with van der Waals surface area (Å²) in [4.78, 5) is 11.6. The Kier molecular flexibility index (Phi) is 3.17. The minimum atomic E-state index is -0.326. The van der Waals surface area contributed by atoms with Gasteiger partial charge in [-0.25, -0.2) is 5.01 Å². The fourth-order valence-corrected chi connectivity index (χ4v) is 1.71. The van der Waals surface area contributed by atoms with E-state index >= 15 is 0 Å². The number of carbonyl (C=O) groups excluding carboxylic acids is 1. The van der Waals surface area contributed by atoms with Gasteiger partial charge in [-0.2, -0.15) is 0 Å². The van der Waals surface area contributed by atoms with Gasteiger partial charge in [0.25, 0.3) is 0 Å². The van der Waals surface area contributed by atoms with Crippen LogP contribution < -0.4 is 5.73 Å². The smallest absolute Gasteiger partial charge is 0.238 e. The van der Waals surface area contributed by atoms with E-state index in [4.69, 9.17) is 5.73 Å². The number of amides is 1. The van der Waals surface area contributed by atoms with Gasteiger partial charge in [0.15, 0.2) is 0 Å². The van der Waals surface area contributed by atoms with Crippen molar-refractivity contribution in [1.29, 1.82) is 0 Å². The Bertz CT molecular complexity index is 220. The van der Waals surface area contributed by atoms with Gasteiger partial charge < -0.3 is 5.73 Å². The van der Waals surface area contributed by atoms with Gasteiger partial charge in [0, 0.05) is 24.5 Å². The molecule has 0 saturated carbocycles. The lowest BCUT2D eigenvalue weighted by Crippen LogP contribution is -2.52. The van der Waals surface area contributed by atoms with Crippen molar-refractivity contribution in [3.63, 3.8) is 0 Å². The third-order valence-electron chi connectivity index (χ3n) is 2.31. The summed E-state index contributed by atoms with van der Waals surface area (Å²) in [5, 5.41) is 3.89. The first-order chi connectivity index (χ1) is 6.31. The van der Waals surface area contributed by atoms with Crippen LogP contribution in [0.25, 0.3) is 0 Å². The topological polar surface area (TPSA) is 49.6 Å². The molecule has 1 saturated heterocycles. The van der Waals surface area contributed by atoms with E-state index in [1.165, 1.54) is 0 Å². The highest BCUT2D eigenvalue weighted by Crippen LogP contribution is 2.17. The first-order valence-electron chi connectivity index (χ1n) is 5.17. The number of hydrogen-bond acceptors (Lipinski definition) is 3. The average Bonchev–Trinajstić information content (AvgIpc) is 2.29. The number of rotatable bonds is 3. The lowest BCUT2D eigenvalue weighted by Gasteiger charge is -2.35. The van der Waals surface area contributed by atoms with Crippen LogP contribution in [-0.4, -0.2) is 40.6 Å². The van der Waals surface area contributed by atoms with Crippen molar-refractivity contribution < 1.29 is 4.79 Å². The molecule has 0 spiro atoms. The van der Waals surface area contributed by atoms with Crippen molar-refractivity contribution in [3.8, 4) is 0 Å². The molecule has 0 bridgehead atoms. The minimum absolute atomic E-state index is 0.192. The van der Waals surface area contributed by atoms with E-state index in [1.807, 2.05) is 13.8 Å². The number of carbonyl (C=O) groups is 1. The van der Waals surface area contributed by atoms with E-state index in [-0.39, 0.29) is 11.4 Å². The van der Waals surface area contributed by atoms with Crippen LogP contribution in [0.1, 0.15) is 34.1 Å². The quantitative estimate of drug-likeness (QED) is 0.723. The predicted molar refractivity (Wildman–Crippen MR) is 56.4 cm³/mol. The molecule has 0 aliphatic carbocycles. The molecule has 82 valence electrons. The molecular formula is C10H21N3O. The molecule has 14 heavy (non-hydrogen) atoms. The lowest BCUT2D eigenvalue weighted by molar-refractivity contribution is -0.141. The maximum absolute atomic E-state index is 11.6. The zero-order valence-electron chi connectivity index (χ0n) is 9.58. The van der Waals surface area contributed by atoms with Crippen LogP contribution in [0.5, 0.6) is 0 Å². The molecule has 1 aliphatic rings. The SMILES string of the molecule is CC(C)N1CCC(=O)N1CC(C)(C)N. The second kappa shape index (κ2) is 3.87. The van der Waals surface area contributed by atoms with Crippen LogP contribution in [0.4, 0.5) is 0 Å². The van der Waals surface area contributed by atoms with Crippen LogP contribution >= 0.6 is 0 Å². The van der Waals surface area contributed by atoms with Gasteiger partial charge in [-0.3, -0.25) is 9.80 Å². The van der Waals surface area contributed by atoms with Crippen LogP contribution in [-0.2, 0) is 4.79 Å². The van der Waals surface area contributed by atoms with E-state index in [0.717, 1.165) is 6.54 Å². The molecule has 1 amide bonds. The molecule has 2 N–H and O–H groups in total. The third kappa shape index (κ3) is 2.69. The fraction of sp³-hybridized carbons (Fsp3) is 0.900. The second-order valence-corrected chi connectivity index (χ2v) is 4.95. The summed E-state index contributed by atoms with van der Waals surface area (Å²) in [5.74, 6) is 0.192. The molecule has 1 heterocycles. The van der Waals surface area contributed by atoms with E-state index in [2.05, 4.69) is 18.9 Å². The zero-order valence-corrected chi connectivity index (χ0v) is 9.58. The van der Waals surface area contributed by atoms with Crippen molar-refractivity contribution in [2.24, 2.45) is 5.73 Å². The summed E-state index contributed by atoms with van der Waals surface area (Å²) in [7, 11) is 0. The maximum Gasteiger partial charge on any atom is 0.238 e. The second-order valence-electron chi connectivity index (χ2n) is 4.95. The highest BCUT2D eigenvalue weighted by Gasteiger charge is 2.33. The van der Waals surface area contributed by atoms with E-state index in [0.29, 0.717) is 19.0 Å². The van der Waals surface area contributed by atoms with Gasteiger partial charge in [-0.1, -0.05) is 0 Å². The monoisotopic (exact) mass is 199 g/mol. The summed E-state index contributed by atoms with van der Waals surface area (Å²) in [6.45, 7) is 9.50. The summed E-state index contributed by atoms with van der Waals surface area (Å²) < 4.78 is 0. The molecule has 1 rings (SSSR count). The molecular weight excluding hydrogens is 178 g/mol. The number of nitrogens with zero attached hydrogens (tertiary/aromatic N) is 2. The van der Waals surface area contributed by atoms with Crippen molar-refractivity contribution >= 4 is 5.91 Å². The molecule has 0 radical (unpaired) electrons. The highest BCUT2D eigenvalue weighted by molar-refractivity contribution is 5.77. The molecule has 0 aromatic heterocycles. The Balaban J connectivity index is 2.68. The third-order valence-corrected chi connectivity index (χ3v) is 2.31. The highest BCUT2D eigenvalue weighted by atomic mass is 16.2. The van der Waals surface area contributed by atoms with E-state index in [9.17, 15) is 4.79 Å². The fourth-order valence-electron chi connectivity index (χ4n) is 1.71. The Labute approximate surface area is 86.0 Å². The molecule has 0 atom stereocenters. The number of hydrazine groups is 1. The van der Waals surface area contributed by atoms with Gasteiger partial charge >= 0.3 is 0 Å².